The topological polar surface area (TPSA) is 99.7 Å². The molecule has 10 nitrogen and oxygen atoms in total. The van der Waals surface area contributed by atoms with E-state index >= 15 is 0 Å². The first-order valence-electron chi connectivity index (χ1n) is 18.8. The van der Waals surface area contributed by atoms with Crippen LogP contribution in [0.4, 0.5) is 0 Å². The summed E-state index contributed by atoms with van der Waals surface area (Å²) in [6.45, 7) is 23.9. The zero-order valence-corrected chi connectivity index (χ0v) is 34.2. The van der Waals surface area contributed by atoms with Crippen LogP contribution >= 0.6 is 0 Å². The number of carbonyl (C=O) groups is 4. The quantitative estimate of drug-likeness (QED) is 0.160. The third kappa shape index (κ3) is 12.3. The molecule has 0 aromatic heterocycles. The number of carbonyl (C=O) groups excluding carboxylic acids is 4. The summed E-state index contributed by atoms with van der Waals surface area (Å²) < 4.78 is 12.0. The minimum absolute atomic E-state index is 0.0143. The summed E-state index contributed by atoms with van der Waals surface area (Å²) in [5, 5.41) is 0. The summed E-state index contributed by atoms with van der Waals surface area (Å²) in [4.78, 5) is 62.6. The molecule has 0 aromatic rings. The largest absolute Gasteiger partial charge is 0.379 e. The van der Waals surface area contributed by atoms with Crippen molar-refractivity contribution in [2.45, 2.75) is 151 Å². The third-order valence-electron chi connectivity index (χ3n) is 10.9. The highest BCUT2D eigenvalue weighted by Crippen LogP contribution is 2.31. The second-order valence-electron chi connectivity index (χ2n) is 16.5. The van der Waals surface area contributed by atoms with E-state index in [2.05, 4.69) is 60.3 Å². The van der Waals surface area contributed by atoms with Gasteiger partial charge in [-0.05, 0) is 50.5 Å². The van der Waals surface area contributed by atoms with Gasteiger partial charge in [-0.25, -0.2) is 0 Å². The normalized spacial score (nSPS) is 20.4. The van der Waals surface area contributed by atoms with Gasteiger partial charge in [0.05, 0.1) is 42.7 Å². The van der Waals surface area contributed by atoms with E-state index in [4.69, 9.17) is 9.47 Å². The molecule has 1 rings (SSSR count). The van der Waals surface area contributed by atoms with Gasteiger partial charge in [-0.3, -0.25) is 24.1 Å². The lowest BCUT2D eigenvalue weighted by Crippen LogP contribution is -2.54. The maximum atomic E-state index is 14.1. The van der Waals surface area contributed by atoms with Crippen LogP contribution in [0, 0.1) is 29.1 Å². The molecule has 0 bridgehead atoms. The van der Waals surface area contributed by atoms with Crippen molar-refractivity contribution in [3.8, 4) is 0 Å². The Hall–Kier alpha value is -2.04. The number of nitrogens with zero attached hydrogens (tertiary/aromatic N) is 4. The zero-order valence-electron chi connectivity index (χ0n) is 34.2. The Balaban J connectivity index is 3.19. The highest BCUT2D eigenvalue weighted by Gasteiger charge is 2.43. The van der Waals surface area contributed by atoms with E-state index in [0.717, 1.165) is 32.2 Å². The van der Waals surface area contributed by atoms with Gasteiger partial charge in [0.1, 0.15) is 0 Å². The zero-order chi connectivity index (χ0) is 38.0. The average molecular weight is 695 g/mol. The molecule has 0 aliphatic carbocycles. The molecule has 1 aliphatic rings. The minimum Gasteiger partial charge on any atom is -0.379 e. The van der Waals surface area contributed by atoms with Gasteiger partial charge in [0, 0.05) is 59.8 Å². The van der Waals surface area contributed by atoms with Gasteiger partial charge in [0.25, 0.3) is 0 Å². The van der Waals surface area contributed by atoms with Gasteiger partial charge in [-0.2, -0.15) is 0 Å². The predicted octanol–water partition coefficient (Wildman–Crippen LogP) is 5.76. The number of methoxy groups -OCH3 is 2. The summed E-state index contributed by atoms with van der Waals surface area (Å²) in [5.74, 6) is -0.859. The molecule has 0 aromatic carbocycles. The number of Topliss-reactive ketones (excluding diaryl/α,β-unsaturated/α-hetero) is 1. The van der Waals surface area contributed by atoms with Crippen LogP contribution < -0.4 is 0 Å². The molecule has 10 heteroatoms. The van der Waals surface area contributed by atoms with Crippen LogP contribution in [0.2, 0.25) is 0 Å². The molecule has 0 spiro atoms. The molecule has 1 saturated heterocycles. The Morgan fingerprint density at radius 2 is 1.43 bits per heavy atom. The van der Waals surface area contributed by atoms with E-state index in [-0.39, 0.29) is 77.8 Å². The Bertz CT molecular complexity index is 1060. The summed E-state index contributed by atoms with van der Waals surface area (Å²) in [6.07, 6.45) is 2.51. The fourth-order valence-electron chi connectivity index (χ4n) is 7.94. The van der Waals surface area contributed by atoms with Crippen LogP contribution in [-0.2, 0) is 28.7 Å². The van der Waals surface area contributed by atoms with Gasteiger partial charge < -0.3 is 24.2 Å². The number of likely N-dealkylation sites (tertiary alicyclic amines) is 1. The van der Waals surface area contributed by atoms with E-state index in [0.29, 0.717) is 6.54 Å². The van der Waals surface area contributed by atoms with Gasteiger partial charge >= 0.3 is 0 Å². The molecule has 1 heterocycles. The molecular weight excluding hydrogens is 620 g/mol. The van der Waals surface area contributed by atoms with Gasteiger partial charge in [-0.15, -0.1) is 0 Å². The summed E-state index contributed by atoms with van der Waals surface area (Å²) in [5.41, 5.74) is 0.0409. The second kappa shape index (κ2) is 20.1. The van der Waals surface area contributed by atoms with E-state index in [9.17, 15) is 19.2 Å². The fraction of sp³-hybridized carbons (Fsp3) is 0.897. The third-order valence-corrected chi connectivity index (χ3v) is 10.9. The molecule has 0 radical (unpaired) electrons. The predicted molar refractivity (Wildman–Crippen MR) is 198 cm³/mol. The molecule has 286 valence electrons. The van der Waals surface area contributed by atoms with Crippen molar-refractivity contribution in [1.29, 1.82) is 0 Å². The Morgan fingerprint density at radius 1 is 0.837 bits per heavy atom. The van der Waals surface area contributed by atoms with E-state index in [1.54, 1.807) is 31.1 Å². The standard InChI is InChI=1S/C39H74N4O6/c1-17-26(5)35(42(14)37(46)27(6)22-31(44)34(25(3)4)40(12)24-39(9,10)11)32(48-15)23-33(45)43-21-19-20-30(43)36(49-16)29(8)38(47)41(13)28(7)18-2/h25-30,32,34-36H,17-24H2,1-16H3/t26-,27+,28+,29+,30-,32+,34-,35-,36+/m0/s1. The summed E-state index contributed by atoms with van der Waals surface area (Å²) in [6, 6.07) is -0.748. The van der Waals surface area contributed by atoms with Crippen LogP contribution in [0.5, 0.6) is 0 Å². The van der Waals surface area contributed by atoms with Crippen molar-refractivity contribution in [2.75, 3.05) is 48.5 Å². The van der Waals surface area contributed by atoms with Gasteiger partial charge in [0.2, 0.25) is 17.7 Å². The van der Waals surface area contributed by atoms with Crippen molar-refractivity contribution >= 4 is 23.5 Å². The first-order valence-corrected chi connectivity index (χ1v) is 18.8. The molecule has 1 fully saturated rings. The minimum atomic E-state index is -0.543. The molecule has 0 unspecified atom stereocenters. The molecule has 1 aliphatic heterocycles. The number of likely N-dealkylation sites (N-methyl/N-ethyl adjacent to an activating group) is 2. The van der Waals surface area contributed by atoms with Crippen molar-refractivity contribution in [3.05, 3.63) is 0 Å². The van der Waals surface area contributed by atoms with E-state index in [1.807, 2.05) is 39.8 Å². The van der Waals surface area contributed by atoms with Crippen LogP contribution in [0.3, 0.4) is 0 Å². The first kappa shape index (κ1) is 45.0. The lowest BCUT2D eigenvalue weighted by Gasteiger charge is -2.40. The van der Waals surface area contributed by atoms with Crippen molar-refractivity contribution in [2.24, 2.45) is 29.1 Å². The van der Waals surface area contributed by atoms with Gasteiger partial charge in [-0.1, -0.05) is 75.7 Å². The molecule has 0 N–H and O–H groups in total. The maximum Gasteiger partial charge on any atom is 0.228 e. The molecule has 9 atom stereocenters. The average Bonchev–Trinajstić information content (AvgIpc) is 3.51. The highest BCUT2D eigenvalue weighted by atomic mass is 16.5. The Labute approximate surface area is 300 Å². The summed E-state index contributed by atoms with van der Waals surface area (Å²) in [7, 11) is 8.83. The smallest absolute Gasteiger partial charge is 0.228 e. The monoisotopic (exact) mass is 695 g/mol. The molecule has 49 heavy (non-hydrogen) atoms. The van der Waals surface area contributed by atoms with Gasteiger partial charge in [0.15, 0.2) is 5.78 Å². The number of amides is 3. The Morgan fingerprint density at radius 3 is 1.90 bits per heavy atom. The second-order valence-corrected chi connectivity index (χ2v) is 16.5. The molecule has 3 amide bonds. The van der Waals surface area contributed by atoms with E-state index < -0.39 is 24.0 Å². The lowest BCUT2D eigenvalue weighted by molar-refractivity contribution is -0.149. The fourth-order valence-corrected chi connectivity index (χ4v) is 7.94. The highest BCUT2D eigenvalue weighted by molar-refractivity contribution is 5.90. The van der Waals surface area contributed by atoms with E-state index in [1.165, 1.54) is 0 Å². The number of hydrogen-bond donors (Lipinski definition) is 0. The van der Waals surface area contributed by atoms with Crippen LogP contribution in [0.25, 0.3) is 0 Å². The first-order chi connectivity index (χ1) is 22.7. The maximum absolute atomic E-state index is 14.1. The Kier molecular flexibility index (Phi) is 18.5. The molecular formula is C39H74N4O6. The SMILES string of the molecule is CC[C@@H](C)N(C)C(=O)[C@H](C)[C@@H](OC)[C@@H]1CCCN1C(=O)C[C@@H](OC)[C@H]([C@@H](C)CC)N(C)C(=O)[C@H](C)CC(=O)[C@H](C(C)C)N(C)CC(C)(C)C. The number of rotatable bonds is 20. The van der Waals surface area contributed by atoms with Crippen LogP contribution in [0.1, 0.15) is 115 Å². The van der Waals surface area contributed by atoms with Crippen molar-refractivity contribution in [1.82, 2.24) is 19.6 Å². The van der Waals surface area contributed by atoms with Crippen LogP contribution in [-0.4, -0.2) is 128 Å². The molecule has 0 saturated carbocycles. The number of hydrogen-bond acceptors (Lipinski definition) is 7. The summed E-state index contributed by atoms with van der Waals surface area (Å²) >= 11 is 0. The lowest BCUT2D eigenvalue weighted by atomic mass is 9.87. The van der Waals surface area contributed by atoms with Crippen molar-refractivity contribution < 1.29 is 28.7 Å². The van der Waals surface area contributed by atoms with Crippen LogP contribution in [0.15, 0.2) is 0 Å². The van der Waals surface area contributed by atoms with Crippen molar-refractivity contribution in [3.63, 3.8) is 0 Å². The number of ketones is 1. The number of ether oxygens (including phenoxy) is 2.